The number of nitrogens with one attached hydrogen (secondary N) is 2. The summed E-state index contributed by atoms with van der Waals surface area (Å²) in [6.07, 6.45) is 22.7. The summed E-state index contributed by atoms with van der Waals surface area (Å²) in [6.45, 7) is 14.4. The third-order valence-corrected chi connectivity index (χ3v) is 8.20. The lowest BCUT2D eigenvalue weighted by Gasteiger charge is -2.32. The zero-order valence-corrected chi connectivity index (χ0v) is 26.4. The van der Waals surface area contributed by atoms with Crippen molar-refractivity contribution in [2.75, 3.05) is 59.2 Å². The van der Waals surface area contributed by atoms with Crippen LogP contribution in [0.5, 0.6) is 0 Å². The average molecular weight is 554 g/mol. The summed E-state index contributed by atoms with van der Waals surface area (Å²) >= 11 is 0. The van der Waals surface area contributed by atoms with Crippen molar-refractivity contribution in [1.29, 1.82) is 0 Å². The molecular formula is C33H67N3O3. The maximum atomic E-state index is 12.7. The van der Waals surface area contributed by atoms with Gasteiger partial charge < -0.3 is 25.0 Å². The monoisotopic (exact) mass is 554 g/mol. The van der Waals surface area contributed by atoms with Crippen molar-refractivity contribution < 1.29 is 14.3 Å². The van der Waals surface area contributed by atoms with Crippen molar-refractivity contribution in [2.45, 2.75) is 142 Å². The van der Waals surface area contributed by atoms with Gasteiger partial charge in [-0.05, 0) is 51.7 Å². The molecule has 1 amide bonds. The molecule has 2 N–H and O–H groups in total. The highest BCUT2D eigenvalue weighted by atomic mass is 16.5. The quantitative estimate of drug-likeness (QED) is 0.101. The third kappa shape index (κ3) is 21.7. The second kappa shape index (κ2) is 27.5. The summed E-state index contributed by atoms with van der Waals surface area (Å²) in [4.78, 5) is 15.2. The van der Waals surface area contributed by atoms with E-state index in [4.69, 9.17) is 9.47 Å². The van der Waals surface area contributed by atoms with Gasteiger partial charge in [0.1, 0.15) is 0 Å². The van der Waals surface area contributed by atoms with Gasteiger partial charge in [-0.25, -0.2) is 0 Å². The van der Waals surface area contributed by atoms with Gasteiger partial charge in [0.2, 0.25) is 5.91 Å². The fraction of sp³-hybridized carbons (Fsp3) is 0.970. The standard InChI is InChI=1S/C33H67N3O3/c1-4-7-10-12-14-17-22-34-32-20-24-36(25-21-32)26-28-39-30-29-38-27-23-35-33(37)31(18-15-9-6-3)19-16-13-11-8-5-2/h31-32,34H,4-30H2,1-3H3,(H,35,37). The summed E-state index contributed by atoms with van der Waals surface area (Å²) in [5, 5.41) is 6.89. The van der Waals surface area contributed by atoms with E-state index in [1.54, 1.807) is 0 Å². The minimum Gasteiger partial charge on any atom is -0.378 e. The van der Waals surface area contributed by atoms with Crippen molar-refractivity contribution in [3.05, 3.63) is 0 Å². The molecule has 0 aromatic heterocycles. The van der Waals surface area contributed by atoms with E-state index in [1.807, 2.05) is 0 Å². The Balaban J connectivity index is 1.97. The molecule has 1 unspecified atom stereocenters. The van der Waals surface area contributed by atoms with Crippen molar-refractivity contribution in [1.82, 2.24) is 15.5 Å². The molecule has 0 aromatic rings. The number of amides is 1. The van der Waals surface area contributed by atoms with Gasteiger partial charge >= 0.3 is 0 Å². The van der Waals surface area contributed by atoms with Gasteiger partial charge in [-0.1, -0.05) is 104 Å². The number of piperidine rings is 1. The van der Waals surface area contributed by atoms with Crippen LogP contribution in [-0.2, 0) is 14.3 Å². The Morgan fingerprint density at radius 1 is 0.692 bits per heavy atom. The van der Waals surface area contributed by atoms with E-state index in [1.165, 1.54) is 116 Å². The van der Waals surface area contributed by atoms with Crippen LogP contribution in [0.2, 0.25) is 0 Å². The van der Waals surface area contributed by atoms with Crippen molar-refractivity contribution in [2.24, 2.45) is 5.92 Å². The molecule has 1 heterocycles. The van der Waals surface area contributed by atoms with Crippen LogP contribution in [0, 0.1) is 5.92 Å². The Morgan fingerprint density at radius 3 is 1.90 bits per heavy atom. The van der Waals surface area contributed by atoms with Crippen LogP contribution in [0.15, 0.2) is 0 Å². The number of rotatable bonds is 28. The minimum absolute atomic E-state index is 0.169. The molecule has 0 aromatic carbocycles. The van der Waals surface area contributed by atoms with Gasteiger partial charge in [-0.3, -0.25) is 4.79 Å². The van der Waals surface area contributed by atoms with E-state index in [0.29, 0.717) is 32.4 Å². The van der Waals surface area contributed by atoms with Crippen LogP contribution in [-0.4, -0.2) is 76.0 Å². The fourth-order valence-electron chi connectivity index (χ4n) is 5.52. The van der Waals surface area contributed by atoms with Gasteiger partial charge in [-0.15, -0.1) is 0 Å². The normalized spacial score (nSPS) is 15.6. The van der Waals surface area contributed by atoms with E-state index in [9.17, 15) is 4.79 Å². The maximum absolute atomic E-state index is 12.7. The molecule has 0 spiro atoms. The molecule has 0 aliphatic carbocycles. The summed E-state index contributed by atoms with van der Waals surface area (Å²) in [5.74, 6) is 0.394. The smallest absolute Gasteiger partial charge is 0.223 e. The van der Waals surface area contributed by atoms with Crippen molar-refractivity contribution in [3.63, 3.8) is 0 Å². The molecule has 0 radical (unpaired) electrons. The van der Waals surface area contributed by atoms with Crippen LogP contribution in [0.3, 0.4) is 0 Å². The van der Waals surface area contributed by atoms with E-state index in [0.717, 1.165) is 32.4 Å². The first-order valence-electron chi connectivity index (χ1n) is 17.1. The molecule has 39 heavy (non-hydrogen) atoms. The van der Waals surface area contributed by atoms with E-state index < -0.39 is 0 Å². The van der Waals surface area contributed by atoms with Crippen LogP contribution < -0.4 is 10.6 Å². The second-order valence-electron chi connectivity index (χ2n) is 11.7. The number of carbonyl (C=O) groups excluding carboxylic acids is 1. The van der Waals surface area contributed by atoms with Gasteiger partial charge in [0, 0.05) is 25.0 Å². The molecule has 0 bridgehead atoms. The molecule has 232 valence electrons. The van der Waals surface area contributed by atoms with E-state index in [2.05, 4.69) is 36.3 Å². The largest absolute Gasteiger partial charge is 0.378 e. The average Bonchev–Trinajstić information content (AvgIpc) is 2.95. The number of hydrogen-bond donors (Lipinski definition) is 2. The van der Waals surface area contributed by atoms with Crippen molar-refractivity contribution >= 4 is 5.91 Å². The lowest BCUT2D eigenvalue weighted by molar-refractivity contribution is -0.125. The number of likely N-dealkylation sites (tertiary alicyclic amines) is 1. The summed E-state index contributed by atoms with van der Waals surface area (Å²) in [5.41, 5.74) is 0. The van der Waals surface area contributed by atoms with E-state index >= 15 is 0 Å². The first kappa shape index (κ1) is 36.3. The predicted octanol–water partition coefficient (Wildman–Crippen LogP) is 7.11. The number of ether oxygens (including phenoxy) is 2. The maximum Gasteiger partial charge on any atom is 0.223 e. The highest BCUT2D eigenvalue weighted by molar-refractivity contribution is 5.78. The zero-order valence-electron chi connectivity index (χ0n) is 26.4. The SMILES string of the molecule is CCCCCCCCNC1CCN(CCOCCOCCNC(=O)C(CCCCC)CCCCCCC)CC1. The lowest BCUT2D eigenvalue weighted by Crippen LogP contribution is -2.43. The molecular weight excluding hydrogens is 486 g/mol. The molecule has 1 aliphatic rings. The van der Waals surface area contributed by atoms with Gasteiger partial charge in [-0.2, -0.15) is 0 Å². The number of nitrogens with zero attached hydrogens (tertiary/aromatic N) is 1. The van der Waals surface area contributed by atoms with Crippen LogP contribution >= 0.6 is 0 Å². The van der Waals surface area contributed by atoms with Gasteiger partial charge in [0.05, 0.1) is 26.4 Å². The Kier molecular flexibility index (Phi) is 25.6. The molecule has 1 atom stereocenters. The molecule has 6 nitrogen and oxygen atoms in total. The summed E-state index contributed by atoms with van der Waals surface area (Å²) in [7, 11) is 0. The fourth-order valence-corrected chi connectivity index (χ4v) is 5.52. The van der Waals surface area contributed by atoms with Crippen LogP contribution in [0.4, 0.5) is 0 Å². The zero-order chi connectivity index (χ0) is 28.2. The topological polar surface area (TPSA) is 62.8 Å². The minimum atomic E-state index is 0.169. The first-order valence-corrected chi connectivity index (χ1v) is 17.1. The Hall–Kier alpha value is -0.690. The number of carbonyl (C=O) groups is 1. The molecule has 1 rings (SSSR count). The highest BCUT2D eigenvalue weighted by Gasteiger charge is 2.18. The third-order valence-electron chi connectivity index (χ3n) is 8.20. The molecule has 1 fully saturated rings. The van der Waals surface area contributed by atoms with Gasteiger partial charge in [0.25, 0.3) is 0 Å². The lowest BCUT2D eigenvalue weighted by atomic mass is 9.94. The molecule has 6 heteroatoms. The Morgan fingerprint density at radius 2 is 1.23 bits per heavy atom. The molecule has 1 saturated heterocycles. The highest BCUT2D eigenvalue weighted by Crippen LogP contribution is 2.18. The Bertz CT molecular complexity index is 526. The van der Waals surface area contributed by atoms with E-state index in [-0.39, 0.29) is 11.8 Å². The van der Waals surface area contributed by atoms with Crippen LogP contribution in [0.25, 0.3) is 0 Å². The molecule has 1 aliphatic heterocycles. The summed E-state index contributed by atoms with van der Waals surface area (Å²) in [6, 6.07) is 0.698. The predicted molar refractivity (Wildman–Crippen MR) is 166 cm³/mol. The van der Waals surface area contributed by atoms with Crippen molar-refractivity contribution in [3.8, 4) is 0 Å². The molecule has 0 saturated carbocycles. The second-order valence-corrected chi connectivity index (χ2v) is 11.7. The first-order chi connectivity index (χ1) is 19.2. The van der Waals surface area contributed by atoms with Gasteiger partial charge in [0.15, 0.2) is 0 Å². The number of hydrogen-bond acceptors (Lipinski definition) is 5. The summed E-state index contributed by atoms with van der Waals surface area (Å²) < 4.78 is 11.5. The van der Waals surface area contributed by atoms with Crippen LogP contribution in [0.1, 0.15) is 136 Å². The Labute approximate surface area is 243 Å². The number of unbranched alkanes of at least 4 members (excludes halogenated alkanes) is 11.